The van der Waals surface area contributed by atoms with E-state index >= 15 is 0 Å². The fourth-order valence-corrected chi connectivity index (χ4v) is 2.91. The molecule has 0 spiro atoms. The molecular weight excluding hydrogens is 264 g/mol. The molecule has 0 unspecified atom stereocenters. The average molecular weight is 286 g/mol. The summed E-state index contributed by atoms with van der Waals surface area (Å²) in [5.41, 5.74) is 0.588. The summed E-state index contributed by atoms with van der Waals surface area (Å²) >= 11 is 0. The van der Waals surface area contributed by atoms with Crippen LogP contribution in [0, 0.1) is 11.3 Å². The maximum absolute atomic E-state index is 12.2. The van der Waals surface area contributed by atoms with Crippen molar-refractivity contribution >= 4 is 5.91 Å². The van der Waals surface area contributed by atoms with E-state index < -0.39 is 11.5 Å². The Bertz CT molecular complexity index is 513. The zero-order valence-electron chi connectivity index (χ0n) is 12.7. The SMILES string of the molecule is CCO[C@@H](C)C(=O)N1CCC(C#N)(c2ccccc2)CC1. The van der Waals surface area contributed by atoms with E-state index in [1.54, 1.807) is 6.92 Å². The summed E-state index contributed by atoms with van der Waals surface area (Å²) in [6, 6.07) is 12.4. The van der Waals surface area contributed by atoms with Crippen LogP contribution in [0.1, 0.15) is 32.3 Å². The summed E-state index contributed by atoms with van der Waals surface area (Å²) in [4.78, 5) is 14.1. The normalized spacial score (nSPS) is 18.8. The van der Waals surface area contributed by atoms with Crippen molar-refractivity contribution in [3.05, 3.63) is 35.9 Å². The second-order valence-corrected chi connectivity index (χ2v) is 5.48. The van der Waals surface area contributed by atoms with Crippen molar-refractivity contribution < 1.29 is 9.53 Å². The largest absolute Gasteiger partial charge is 0.369 e. The van der Waals surface area contributed by atoms with E-state index in [1.807, 2.05) is 42.2 Å². The van der Waals surface area contributed by atoms with Gasteiger partial charge in [-0.25, -0.2) is 0 Å². The molecule has 0 saturated carbocycles. The van der Waals surface area contributed by atoms with Gasteiger partial charge in [-0.15, -0.1) is 0 Å². The van der Waals surface area contributed by atoms with Crippen molar-refractivity contribution in [3.63, 3.8) is 0 Å². The maximum atomic E-state index is 12.2. The van der Waals surface area contributed by atoms with E-state index in [9.17, 15) is 10.1 Å². The number of likely N-dealkylation sites (tertiary alicyclic amines) is 1. The number of hydrogen-bond acceptors (Lipinski definition) is 3. The van der Waals surface area contributed by atoms with E-state index in [-0.39, 0.29) is 5.91 Å². The van der Waals surface area contributed by atoms with E-state index in [4.69, 9.17) is 4.74 Å². The molecule has 1 aliphatic rings. The Hall–Kier alpha value is -1.86. The number of carbonyl (C=O) groups excluding carboxylic acids is 1. The quantitative estimate of drug-likeness (QED) is 0.854. The number of rotatable bonds is 4. The first-order valence-corrected chi connectivity index (χ1v) is 7.50. The Morgan fingerprint density at radius 1 is 1.38 bits per heavy atom. The molecule has 4 nitrogen and oxygen atoms in total. The summed E-state index contributed by atoms with van der Waals surface area (Å²) in [6.45, 7) is 5.43. The standard InChI is InChI=1S/C17H22N2O2/c1-3-21-14(2)16(20)19-11-9-17(13-18,10-12-19)15-7-5-4-6-8-15/h4-8,14H,3,9-12H2,1-2H3/t14-/m0/s1. The van der Waals surface area contributed by atoms with Crippen molar-refractivity contribution in [1.82, 2.24) is 4.90 Å². The van der Waals surface area contributed by atoms with Crippen LogP contribution in [0.4, 0.5) is 0 Å². The first-order valence-electron chi connectivity index (χ1n) is 7.50. The smallest absolute Gasteiger partial charge is 0.251 e. The van der Waals surface area contributed by atoms with Gasteiger partial charge < -0.3 is 9.64 Å². The summed E-state index contributed by atoms with van der Waals surface area (Å²) in [7, 11) is 0. The molecule has 0 bridgehead atoms. The monoisotopic (exact) mass is 286 g/mol. The zero-order valence-corrected chi connectivity index (χ0v) is 12.7. The zero-order chi connectivity index (χ0) is 15.3. The lowest BCUT2D eigenvalue weighted by atomic mass is 9.74. The van der Waals surface area contributed by atoms with Crippen LogP contribution in [0.15, 0.2) is 30.3 Å². The third-order valence-electron chi connectivity index (χ3n) is 4.23. The molecule has 0 radical (unpaired) electrons. The highest BCUT2D eigenvalue weighted by Crippen LogP contribution is 2.35. The first-order chi connectivity index (χ1) is 10.1. The summed E-state index contributed by atoms with van der Waals surface area (Å²) in [5, 5.41) is 9.64. The highest BCUT2D eigenvalue weighted by atomic mass is 16.5. The predicted octanol–water partition coefficient (Wildman–Crippen LogP) is 2.50. The minimum atomic E-state index is -0.465. The molecule has 112 valence electrons. The average Bonchev–Trinajstić information content (AvgIpc) is 2.55. The number of nitrogens with zero attached hydrogens (tertiary/aromatic N) is 2. The molecule has 1 aromatic carbocycles. The van der Waals surface area contributed by atoms with Crippen molar-refractivity contribution in [2.45, 2.75) is 38.2 Å². The Balaban J connectivity index is 2.05. The highest BCUT2D eigenvalue weighted by Gasteiger charge is 2.38. The number of benzene rings is 1. The van der Waals surface area contributed by atoms with Gasteiger partial charge in [0.25, 0.3) is 5.91 Å². The topological polar surface area (TPSA) is 53.3 Å². The number of carbonyl (C=O) groups is 1. The number of nitriles is 1. The third kappa shape index (κ3) is 3.25. The van der Waals surface area contributed by atoms with E-state index in [1.165, 1.54) is 0 Å². The Kier molecular flexibility index (Phi) is 4.98. The van der Waals surface area contributed by atoms with Gasteiger partial charge in [-0.2, -0.15) is 5.26 Å². The van der Waals surface area contributed by atoms with Crippen LogP contribution in [0.3, 0.4) is 0 Å². The lowest BCUT2D eigenvalue weighted by Crippen LogP contribution is -2.48. The van der Waals surface area contributed by atoms with Gasteiger partial charge in [0, 0.05) is 19.7 Å². The van der Waals surface area contributed by atoms with Crippen molar-refractivity contribution in [2.75, 3.05) is 19.7 Å². The molecule has 1 atom stereocenters. The van der Waals surface area contributed by atoms with Crippen LogP contribution < -0.4 is 0 Å². The van der Waals surface area contributed by atoms with Gasteiger partial charge in [-0.1, -0.05) is 30.3 Å². The summed E-state index contributed by atoms with van der Waals surface area (Å²) in [6.07, 6.45) is 0.956. The Labute approximate surface area is 126 Å². The van der Waals surface area contributed by atoms with Gasteiger partial charge in [-0.05, 0) is 32.3 Å². The number of piperidine rings is 1. The lowest BCUT2D eigenvalue weighted by molar-refractivity contribution is -0.143. The van der Waals surface area contributed by atoms with Gasteiger partial charge >= 0.3 is 0 Å². The predicted molar refractivity (Wildman–Crippen MR) is 80.6 cm³/mol. The molecule has 1 amide bonds. The van der Waals surface area contributed by atoms with Gasteiger partial charge in [-0.3, -0.25) is 4.79 Å². The molecule has 4 heteroatoms. The van der Waals surface area contributed by atoms with Crippen LogP contribution in [-0.4, -0.2) is 36.6 Å². The fourth-order valence-electron chi connectivity index (χ4n) is 2.91. The molecule has 2 rings (SSSR count). The molecular formula is C17H22N2O2. The molecule has 0 N–H and O–H groups in total. The Morgan fingerprint density at radius 2 is 2.00 bits per heavy atom. The molecule has 0 aliphatic carbocycles. The first kappa shape index (κ1) is 15.5. The maximum Gasteiger partial charge on any atom is 0.251 e. The molecule has 21 heavy (non-hydrogen) atoms. The molecule has 1 fully saturated rings. The highest BCUT2D eigenvalue weighted by molar-refractivity contribution is 5.80. The van der Waals surface area contributed by atoms with Crippen LogP contribution >= 0.6 is 0 Å². The van der Waals surface area contributed by atoms with Crippen LogP contribution in [-0.2, 0) is 14.9 Å². The molecule has 1 aromatic rings. The molecule has 1 aliphatic heterocycles. The van der Waals surface area contributed by atoms with Crippen LogP contribution in [0.5, 0.6) is 0 Å². The van der Waals surface area contributed by atoms with Crippen LogP contribution in [0.25, 0.3) is 0 Å². The third-order valence-corrected chi connectivity index (χ3v) is 4.23. The van der Waals surface area contributed by atoms with Crippen molar-refractivity contribution in [2.24, 2.45) is 0 Å². The second-order valence-electron chi connectivity index (χ2n) is 5.48. The van der Waals surface area contributed by atoms with Gasteiger partial charge in [0.05, 0.1) is 11.5 Å². The minimum Gasteiger partial charge on any atom is -0.369 e. The second kappa shape index (κ2) is 6.73. The van der Waals surface area contributed by atoms with Gasteiger partial charge in [0.15, 0.2) is 0 Å². The van der Waals surface area contributed by atoms with Crippen molar-refractivity contribution in [3.8, 4) is 6.07 Å². The summed E-state index contributed by atoms with van der Waals surface area (Å²) in [5.74, 6) is 0.0245. The summed E-state index contributed by atoms with van der Waals surface area (Å²) < 4.78 is 5.36. The lowest BCUT2D eigenvalue weighted by Gasteiger charge is -2.38. The fraction of sp³-hybridized carbons (Fsp3) is 0.529. The Morgan fingerprint density at radius 3 is 2.52 bits per heavy atom. The van der Waals surface area contributed by atoms with E-state index in [0.29, 0.717) is 32.5 Å². The number of amides is 1. The number of ether oxygens (including phenoxy) is 1. The minimum absolute atomic E-state index is 0.0245. The molecule has 0 aromatic heterocycles. The van der Waals surface area contributed by atoms with E-state index in [2.05, 4.69) is 6.07 Å². The van der Waals surface area contributed by atoms with Gasteiger partial charge in [0.2, 0.25) is 0 Å². The molecule has 1 saturated heterocycles. The van der Waals surface area contributed by atoms with Crippen molar-refractivity contribution in [1.29, 1.82) is 5.26 Å². The number of hydrogen-bond donors (Lipinski definition) is 0. The van der Waals surface area contributed by atoms with Gasteiger partial charge in [0.1, 0.15) is 6.10 Å². The van der Waals surface area contributed by atoms with Crippen LogP contribution in [0.2, 0.25) is 0 Å². The van der Waals surface area contributed by atoms with E-state index in [0.717, 1.165) is 5.56 Å². The molecule has 1 heterocycles.